The molecule has 0 radical (unpaired) electrons. The van der Waals surface area contributed by atoms with Crippen molar-refractivity contribution in [3.8, 4) is 0 Å². The van der Waals surface area contributed by atoms with Gasteiger partial charge < -0.3 is 14.6 Å². The Morgan fingerprint density at radius 3 is 2.58 bits per heavy atom. The van der Waals surface area contributed by atoms with E-state index in [9.17, 15) is 9.90 Å². The Balaban J connectivity index is 2.49. The summed E-state index contributed by atoms with van der Waals surface area (Å²) in [6.45, 7) is 0. The molecule has 0 saturated carbocycles. The van der Waals surface area contributed by atoms with Gasteiger partial charge in [-0.3, -0.25) is 4.79 Å². The van der Waals surface area contributed by atoms with E-state index >= 15 is 0 Å². The van der Waals surface area contributed by atoms with Crippen molar-refractivity contribution in [2.24, 2.45) is 0 Å². The molecule has 0 heterocycles. The molecule has 0 fully saturated rings. The van der Waals surface area contributed by atoms with Crippen molar-refractivity contribution in [3.63, 3.8) is 0 Å². The van der Waals surface area contributed by atoms with Gasteiger partial charge in [-0.1, -0.05) is 42.5 Å². The van der Waals surface area contributed by atoms with Crippen LogP contribution in [0.5, 0.6) is 0 Å². The van der Waals surface area contributed by atoms with Crippen molar-refractivity contribution in [2.75, 3.05) is 14.2 Å². The average Bonchev–Trinajstić information content (AvgIpc) is 2.44. The molecule has 0 aromatic heterocycles. The van der Waals surface area contributed by atoms with Crippen molar-refractivity contribution in [1.29, 1.82) is 0 Å². The Morgan fingerprint density at radius 2 is 2.00 bits per heavy atom. The number of ether oxygens (including phenoxy) is 2. The molecule has 104 valence electrons. The summed E-state index contributed by atoms with van der Waals surface area (Å²) in [6.07, 6.45) is 3.14. The lowest BCUT2D eigenvalue weighted by atomic mass is 10.1. The van der Waals surface area contributed by atoms with Crippen molar-refractivity contribution in [1.82, 2.24) is 0 Å². The van der Waals surface area contributed by atoms with E-state index in [0.29, 0.717) is 6.42 Å². The second kappa shape index (κ2) is 8.45. The Kier molecular flexibility index (Phi) is 6.85. The van der Waals surface area contributed by atoms with Crippen LogP contribution in [0.1, 0.15) is 18.4 Å². The Bertz CT molecular complexity index is 400. The molecular formula is C15H20O4. The van der Waals surface area contributed by atoms with Crippen molar-refractivity contribution >= 4 is 12.0 Å². The van der Waals surface area contributed by atoms with Gasteiger partial charge in [0.1, 0.15) is 0 Å². The van der Waals surface area contributed by atoms with Crippen molar-refractivity contribution in [3.05, 3.63) is 42.0 Å². The summed E-state index contributed by atoms with van der Waals surface area (Å²) < 4.78 is 9.77. The summed E-state index contributed by atoms with van der Waals surface area (Å²) >= 11 is 0. The van der Waals surface area contributed by atoms with Gasteiger partial charge in [0, 0.05) is 13.5 Å². The van der Waals surface area contributed by atoms with Crippen LogP contribution < -0.4 is 0 Å². The minimum Gasteiger partial charge on any atom is -0.469 e. The predicted octanol–water partition coefficient (Wildman–Crippen LogP) is 2.03. The van der Waals surface area contributed by atoms with E-state index in [1.165, 1.54) is 7.11 Å². The molecule has 1 aromatic carbocycles. The normalized spacial score (nSPS) is 14.3. The van der Waals surface area contributed by atoms with Crippen LogP contribution in [0.4, 0.5) is 0 Å². The zero-order valence-electron chi connectivity index (χ0n) is 11.3. The zero-order valence-corrected chi connectivity index (χ0v) is 11.3. The molecule has 1 aromatic rings. The van der Waals surface area contributed by atoms with Gasteiger partial charge in [-0.05, 0) is 5.56 Å². The third-order valence-electron chi connectivity index (χ3n) is 2.74. The van der Waals surface area contributed by atoms with Gasteiger partial charge in [0.05, 0.1) is 25.7 Å². The highest BCUT2D eigenvalue weighted by Gasteiger charge is 2.15. The number of aliphatic hydroxyl groups is 1. The molecule has 4 nitrogen and oxygen atoms in total. The van der Waals surface area contributed by atoms with E-state index in [-0.39, 0.29) is 12.5 Å². The second-order valence-corrected chi connectivity index (χ2v) is 4.21. The second-order valence-electron chi connectivity index (χ2n) is 4.21. The summed E-state index contributed by atoms with van der Waals surface area (Å²) in [7, 11) is 2.88. The largest absolute Gasteiger partial charge is 0.469 e. The number of benzene rings is 1. The lowest BCUT2D eigenvalue weighted by Gasteiger charge is -2.15. The third-order valence-corrected chi connectivity index (χ3v) is 2.74. The minimum absolute atomic E-state index is 0.0183. The fourth-order valence-corrected chi connectivity index (χ4v) is 1.66. The first-order valence-corrected chi connectivity index (χ1v) is 6.16. The third kappa shape index (κ3) is 6.18. The van der Waals surface area contributed by atoms with Gasteiger partial charge in [0.2, 0.25) is 0 Å². The highest BCUT2D eigenvalue weighted by atomic mass is 16.5. The maximum Gasteiger partial charge on any atom is 0.308 e. The van der Waals surface area contributed by atoms with Crippen LogP contribution in [0.25, 0.3) is 6.08 Å². The molecule has 0 aliphatic carbocycles. The van der Waals surface area contributed by atoms with Crippen molar-refractivity contribution in [2.45, 2.75) is 25.0 Å². The SMILES string of the molecule is COC(=O)C[C@@H](O)C[C@H](/C=C/c1ccccc1)OC. The Morgan fingerprint density at radius 1 is 1.32 bits per heavy atom. The summed E-state index contributed by atoms with van der Waals surface area (Å²) in [5, 5.41) is 9.73. The fourth-order valence-electron chi connectivity index (χ4n) is 1.66. The smallest absolute Gasteiger partial charge is 0.308 e. The van der Waals surface area contributed by atoms with Crippen LogP contribution in [0.3, 0.4) is 0 Å². The summed E-state index contributed by atoms with van der Waals surface area (Å²) in [4.78, 5) is 11.0. The number of esters is 1. The minimum atomic E-state index is -0.766. The summed E-state index contributed by atoms with van der Waals surface area (Å²) in [5.74, 6) is -0.422. The number of rotatable bonds is 7. The van der Waals surface area contributed by atoms with Crippen LogP contribution in [0.15, 0.2) is 36.4 Å². The fraction of sp³-hybridized carbons (Fsp3) is 0.400. The van der Waals surface area contributed by atoms with Crippen LogP contribution in [0.2, 0.25) is 0 Å². The topological polar surface area (TPSA) is 55.8 Å². The number of carbonyl (C=O) groups excluding carboxylic acids is 1. The van der Waals surface area contributed by atoms with E-state index in [1.807, 2.05) is 42.5 Å². The molecule has 19 heavy (non-hydrogen) atoms. The van der Waals surface area contributed by atoms with E-state index in [4.69, 9.17) is 4.74 Å². The van der Waals surface area contributed by atoms with E-state index in [2.05, 4.69) is 4.74 Å². The molecule has 1 N–H and O–H groups in total. The number of hydrogen-bond acceptors (Lipinski definition) is 4. The summed E-state index contributed by atoms with van der Waals surface area (Å²) in [5.41, 5.74) is 1.06. The van der Waals surface area contributed by atoms with Gasteiger partial charge in [0.15, 0.2) is 0 Å². The first-order chi connectivity index (χ1) is 9.15. The number of aliphatic hydroxyl groups excluding tert-OH is 1. The van der Waals surface area contributed by atoms with E-state index < -0.39 is 12.1 Å². The standard InChI is InChI=1S/C15H20O4/c1-18-14(10-13(16)11-15(17)19-2)9-8-12-6-4-3-5-7-12/h3-9,13-14,16H,10-11H2,1-2H3/b9-8+/t13-,14-/m0/s1. The van der Waals surface area contributed by atoms with Crippen LogP contribution in [-0.4, -0.2) is 37.5 Å². The molecule has 0 saturated heterocycles. The highest BCUT2D eigenvalue weighted by molar-refractivity contribution is 5.69. The van der Waals surface area contributed by atoms with Gasteiger partial charge in [-0.2, -0.15) is 0 Å². The zero-order chi connectivity index (χ0) is 14.1. The Labute approximate surface area is 113 Å². The van der Waals surface area contributed by atoms with Gasteiger partial charge in [-0.25, -0.2) is 0 Å². The number of hydrogen-bond donors (Lipinski definition) is 1. The number of methoxy groups -OCH3 is 2. The molecule has 4 heteroatoms. The van der Waals surface area contributed by atoms with E-state index in [0.717, 1.165) is 5.56 Å². The molecule has 0 amide bonds. The average molecular weight is 264 g/mol. The number of carbonyl (C=O) groups is 1. The molecule has 2 atom stereocenters. The molecular weight excluding hydrogens is 244 g/mol. The monoisotopic (exact) mass is 264 g/mol. The van der Waals surface area contributed by atoms with Gasteiger partial charge >= 0.3 is 5.97 Å². The summed E-state index contributed by atoms with van der Waals surface area (Å²) in [6, 6.07) is 9.81. The maximum absolute atomic E-state index is 11.0. The molecule has 0 bridgehead atoms. The van der Waals surface area contributed by atoms with Gasteiger partial charge in [0.25, 0.3) is 0 Å². The Hall–Kier alpha value is -1.65. The first-order valence-electron chi connectivity index (χ1n) is 6.16. The molecule has 1 rings (SSSR count). The van der Waals surface area contributed by atoms with Crippen LogP contribution in [-0.2, 0) is 14.3 Å². The van der Waals surface area contributed by atoms with E-state index in [1.54, 1.807) is 7.11 Å². The molecule has 0 aliphatic heterocycles. The first kappa shape index (κ1) is 15.4. The van der Waals surface area contributed by atoms with Gasteiger partial charge in [-0.15, -0.1) is 0 Å². The molecule has 0 unspecified atom stereocenters. The quantitative estimate of drug-likeness (QED) is 0.766. The highest BCUT2D eigenvalue weighted by Crippen LogP contribution is 2.10. The molecule has 0 spiro atoms. The van der Waals surface area contributed by atoms with Crippen LogP contribution >= 0.6 is 0 Å². The molecule has 0 aliphatic rings. The predicted molar refractivity (Wildman–Crippen MR) is 73.5 cm³/mol. The maximum atomic E-state index is 11.0. The van der Waals surface area contributed by atoms with Crippen molar-refractivity contribution < 1.29 is 19.4 Å². The lowest BCUT2D eigenvalue weighted by Crippen LogP contribution is -2.21. The van der Waals surface area contributed by atoms with Crippen LogP contribution in [0, 0.1) is 0 Å². The lowest BCUT2D eigenvalue weighted by molar-refractivity contribution is -0.143.